The minimum atomic E-state index is -3.19. The van der Waals surface area contributed by atoms with Crippen LogP contribution in [-0.4, -0.2) is 24.6 Å². The molecule has 8 heteroatoms. The number of benzene rings is 1. The van der Waals surface area contributed by atoms with Crippen molar-refractivity contribution in [2.75, 3.05) is 17.3 Å². The fraction of sp³-hybridized carbons (Fsp3) is 0.231. The first-order valence-electron chi connectivity index (χ1n) is 6.12. The molecule has 1 aromatic heterocycles. The molecular formula is C13H15ClN4O2S. The van der Waals surface area contributed by atoms with E-state index in [2.05, 4.69) is 15.3 Å². The number of nitrogen functional groups attached to an aromatic ring is 1. The minimum absolute atomic E-state index is 0.0876. The monoisotopic (exact) mass is 326 g/mol. The quantitative estimate of drug-likeness (QED) is 0.836. The molecule has 112 valence electrons. The predicted octanol–water partition coefficient (Wildman–Crippen LogP) is 2.29. The van der Waals surface area contributed by atoms with Gasteiger partial charge in [-0.25, -0.2) is 13.4 Å². The Morgan fingerprint density at radius 1 is 1.24 bits per heavy atom. The van der Waals surface area contributed by atoms with Crippen LogP contribution in [0.2, 0.25) is 5.15 Å². The van der Waals surface area contributed by atoms with Crippen LogP contribution in [-0.2, 0) is 9.84 Å². The normalized spacial score (nSPS) is 12.9. The maximum atomic E-state index is 11.4. The van der Waals surface area contributed by atoms with Crippen molar-refractivity contribution in [3.8, 4) is 0 Å². The molecule has 0 fully saturated rings. The van der Waals surface area contributed by atoms with E-state index < -0.39 is 9.84 Å². The molecule has 0 bridgehead atoms. The molecule has 3 N–H and O–H groups in total. The molecule has 0 saturated heterocycles. The summed E-state index contributed by atoms with van der Waals surface area (Å²) in [5.74, 6) is 0.594. The first-order chi connectivity index (χ1) is 9.75. The van der Waals surface area contributed by atoms with Crippen LogP contribution in [0, 0.1) is 0 Å². The maximum absolute atomic E-state index is 11.4. The van der Waals surface area contributed by atoms with Crippen molar-refractivity contribution in [3.05, 3.63) is 41.0 Å². The second-order valence-corrected chi connectivity index (χ2v) is 7.04. The number of halogens is 1. The first-order valence-corrected chi connectivity index (χ1v) is 8.39. The highest BCUT2D eigenvalue weighted by Gasteiger charge is 2.10. The Hall–Kier alpha value is -1.86. The molecule has 6 nitrogen and oxygen atoms in total. The van der Waals surface area contributed by atoms with Gasteiger partial charge in [-0.05, 0) is 24.6 Å². The minimum Gasteiger partial charge on any atom is -0.368 e. The van der Waals surface area contributed by atoms with Crippen LogP contribution in [0.25, 0.3) is 0 Å². The van der Waals surface area contributed by atoms with Crippen LogP contribution < -0.4 is 11.1 Å². The first kappa shape index (κ1) is 15.5. The van der Waals surface area contributed by atoms with Crippen molar-refractivity contribution < 1.29 is 8.42 Å². The lowest BCUT2D eigenvalue weighted by molar-refractivity contribution is 0.602. The maximum Gasteiger partial charge on any atom is 0.223 e. The van der Waals surface area contributed by atoms with Gasteiger partial charge in [-0.3, -0.25) is 0 Å². The van der Waals surface area contributed by atoms with Gasteiger partial charge in [0, 0.05) is 18.4 Å². The van der Waals surface area contributed by atoms with Crippen LogP contribution in [0.3, 0.4) is 0 Å². The Morgan fingerprint density at radius 2 is 1.86 bits per heavy atom. The van der Waals surface area contributed by atoms with E-state index in [0.717, 1.165) is 5.56 Å². The number of sulfone groups is 1. The van der Waals surface area contributed by atoms with E-state index in [9.17, 15) is 8.42 Å². The number of nitrogens with zero attached hydrogens (tertiary/aromatic N) is 2. The number of nitrogens with one attached hydrogen (secondary N) is 1. The van der Waals surface area contributed by atoms with Crippen molar-refractivity contribution in [2.24, 2.45) is 0 Å². The molecule has 0 unspecified atom stereocenters. The zero-order valence-corrected chi connectivity index (χ0v) is 13.1. The Bertz CT molecular complexity index is 727. The Morgan fingerprint density at radius 3 is 2.38 bits per heavy atom. The summed E-state index contributed by atoms with van der Waals surface area (Å²) in [5.41, 5.74) is 6.44. The van der Waals surface area contributed by atoms with Gasteiger partial charge in [0.05, 0.1) is 4.90 Å². The van der Waals surface area contributed by atoms with E-state index in [1.807, 2.05) is 6.92 Å². The summed E-state index contributed by atoms with van der Waals surface area (Å²) in [4.78, 5) is 8.09. The Labute approximate surface area is 128 Å². The molecule has 0 aliphatic heterocycles. The highest BCUT2D eigenvalue weighted by molar-refractivity contribution is 7.90. The van der Waals surface area contributed by atoms with Crippen molar-refractivity contribution in [3.63, 3.8) is 0 Å². The van der Waals surface area contributed by atoms with Gasteiger partial charge >= 0.3 is 0 Å². The van der Waals surface area contributed by atoms with Crippen LogP contribution in [0.15, 0.2) is 35.2 Å². The average molecular weight is 327 g/mol. The summed E-state index contributed by atoms with van der Waals surface area (Å²) in [6.07, 6.45) is 1.18. The number of hydrogen-bond donors (Lipinski definition) is 2. The Kier molecular flexibility index (Phi) is 4.34. The van der Waals surface area contributed by atoms with E-state index in [-0.39, 0.29) is 22.0 Å². The molecular weight excluding hydrogens is 312 g/mol. The SMILES string of the molecule is C[C@H](Nc1cc(Cl)nc(N)n1)c1ccc(S(C)(=O)=O)cc1. The zero-order chi connectivity index (χ0) is 15.6. The van der Waals surface area contributed by atoms with Crippen molar-refractivity contribution >= 4 is 33.2 Å². The molecule has 21 heavy (non-hydrogen) atoms. The van der Waals surface area contributed by atoms with Gasteiger partial charge in [-0.2, -0.15) is 4.98 Å². The average Bonchev–Trinajstić information content (AvgIpc) is 2.36. The molecule has 0 spiro atoms. The fourth-order valence-corrected chi connectivity index (χ4v) is 2.64. The van der Waals surface area contributed by atoms with Gasteiger partial charge in [-0.1, -0.05) is 23.7 Å². The summed E-state index contributed by atoms with van der Waals surface area (Å²) < 4.78 is 22.8. The second kappa shape index (κ2) is 5.87. The summed E-state index contributed by atoms with van der Waals surface area (Å²) in [6, 6.07) is 8.12. The fourth-order valence-electron chi connectivity index (χ4n) is 1.82. The summed E-state index contributed by atoms with van der Waals surface area (Å²) in [6.45, 7) is 1.92. The smallest absolute Gasteiger partial charge is 0.223 e. The molecule has 2 aromatic rings. The number of aromatic nitrogens is 2. The highest BCUT2D eigenvalue weighted by atomic mass is 35.5. The van der Waals surface area contributed by atoms with Gasteiger partial charge in [0.2, 0.25) is 5.95 Å². The molecule has 1 aromatic carbocycles. The van der Waals surface area contributed by atoms with E-state index in [1.54, 1.807) is 30.3 Å². The van der Waals surface area contributed by atoms with Gasteiger partial charge in [-0.15, -0.1) is 0 Å². The lowest BCUT2D eigenvalue weighted by Gasteiger charge is -2.15. The van der Waals surface area contributed by atoms with Gasteiger partial charge in [0.1, 0.15) is 11.0 Å². The van der Waals surface area contributed by atoms with Gasteiger partial charge in [0.15, 0.2) is 9.84 Å². The van der Waals surface area contributed by atoms with Gasteiger partial charge < -0.3 is 11.1 Å². The lowest BCUT2D eigenvalue weighted by atomic mass is 10.1. The van der Waals surface area contributed by atoms with Gasteiger partial charge in [0.25, 0.3) is 0 Å². The molecule has 0 aliphatic rings. The molecule has 1 atom stereocenters. The number of rotatable bonds is 4. The van der Waals surface area contributed by atoms with E-state index in [4.69, 9.17) is 17.3 Å². The third-order valence-electron chi connectivity index (χ3n) is 2.88. The van der Waals surface area contributed by atoms with Crippen molar-refractivity contribution in [1.82, 2.24) is 9.97 Å². The summed E-state index contributed by atoms with van der Waals surface area (Å²) in [5, 5.41) is 3.39. The summed E-state index contributed by atoms with van der Waals surface area (Å²) >= 11 is 5.81. The number of hydrogen-bond acceptors (Lipinski definition) is 6. The molecule has 0 aliphatic carbocycles. The van der Waals surface area contributed by atoms with E-state index >= 15 is 0 Å². The third-order valence-corrected chi connectivity index (χ3v) is 4.21. The number of nitrogens with two attached hydrogens (primary N) is 1. The molecule has 1 heterocycles. The number of anilines is 2. The predicted molar refractivity (Wildman–Crippen MR) is 83.0 cm³/mol. The largest absolute Gasteiger partial charge is 0.368 e. The van der Waals surface area contributed by atoms with Crippen molar-refractivity contribution in [1.29, 1.82) is 0 Å². The molecule has 0 saturated carbocycles. The highest BCUT2D eigenvalue weighted by Crippen LogP contribution is 2.21. The summed E-state index contributed by atoms with van der Waals surface area (Å²) in [7, 11) is -3.19. The molecule has 2 rings (SSSR count). The Balaban J connectivity index is 2.18. The van der Waals surface area contributed by atoms with Crippen molar-refractivity contribution in [2.45, 2.75) is 17.9 Å². The second-order valence-electron chi connectivity index (χ2n) is 4.64. The van der Waals surface area contributed by atoms with Crippen LogP contribution in [0.4, 0.5) is 11.8 Å². The van der Waals surface area contributed by atoms with Crippen LogP contribution >= 0.6 is 11.6 Å². The molecule has 0 radical (unpaired) electrons. The third kappa shape index (κ3) is 4.05. The standard InChI is InChI=1S/C13H15ClN4O2S/c1-8(16-12-7-11(14)17-13(15)18-12)9-3-5-10(6-4-9)21(2,19)20/h3-8H,1-2H3,(H3,15,16,17,18)/t8-/m0/s1. The van der Waals surface area contributed by atoms with Crippen LogP contribution in [0.1, 0.15) is 18.5 Å². The topological polar surface area (TPSA) is 98.0 Å². The molecule has 0 amide bonds. The van der Waals surface area contributed by atoms with E-state index in [0.29, 0.717) is 5.82 Å². The van der Waals surface area contributed by atoms with E-state index in [1.165, 1.54) is 6.26 Å². The zero-order valence-electron chi connectivity index (χ0n) is 11.5. The van der Waals surface area contributed by atoms with Crippen LogP contribution in [0.5, 0.6) is 0 Å². The lowest BCUT2D eigenvalue weighted by Crippen LogP contribution is -2.09.